The van der Waals surface area contributed by atoms with E-state index in [1.807, 2.05) is 11.0 Å². The van der Waals surface area contributed by atoms with E-state index in [-0.39, 0.29) is 6.54 Å². The average molecular weight is 418 g/mol. The molecule has 3 heterocycles. The quantitative estimate of drug-likeness (QED) is 0.788. The highest BCUT2D eigenvalue weighted by atomic mass is 35.5. The lowest BCUT2D eigenvalue weighted by molar-refractivity contribution is -0.138. The smallest absolute Gasteiger partial charge is 0.330 e. The van der Waals surface area contributed by atoms with Crippen LogP contribution in [0.3, 0.4) is 0 Å². The fourth-order valence-corrected chi connectivity index (χ4v) is 4.76. The minimum Gasteiger partial charge on any atom is -0.491 e. The van der Waals surface area contributed by atoms with Crippen LogP contribution in [0.15, 0.2) is 16.0 Å². The number of hydrogen-bond acceptors (Lipinski definition) is 7. The average Bonchev–Trinajstić information content (AvgIpc) is 3.19. The van der Waals surface area contributed by atoms with Gasteiger partial charge < -0.3 is 19.5 Å². The van der Waals surface area contributed by atoms with Crippen molar-refractivity contribution in [3.05, 3.63) is 16.1 Å². The lowest BCUT2D eigenvalue weighted by atomic mass is 10.2. The molecule has 0 bridgehead atoms. The summed E-state index contributed by atoms with van der Waals surface area (Å²) in [5.41, 5.74) is 0.799. The van der Waals surface area contributed by atoms with Crippen LogP contribution in [-0.4, -0.2) is 73.2 Å². The topological polar surface area (TPSA) is 74.6 Å². The van der Waals surface area contributed by atoms with Gasteiger partial charge in [-0.05, 0) is 11.8 Å². The van der Waals surface area contributed by atoms with Gasteiger partial charge in [0.1, 0.15) is 17.4 Å². The molecule has 1 aromatic carbocycles. The van der Waals surface area contributed by atoms with E-state index in [9.17, 15) is 9.90 Å². The Balaban J connectivity index is 1.49. The van der Waals surface area contributed by atoms with Crippen molar-refractivity contribution in [2.45, 2.75) is 10.9 Å². The number of benzene rings is 1. The minimum absolute atomic E-state index is 0.288. The van der Waals surface area contributed by atoms with Gasteiger partial charge in [0.2, 0.25) is 0 Å². The van der Waals surface area contributed by atoms with Gasteiger partial charge in [-0.3, -0.25) is 4.90 Å². The Labute approximate surface area is 164 Å². The van der Waals surface area contributed by atoms with Crippen LogP contribution in [0.4, 0.5) is 5.69 Å². The van der Waals surface area contributed by atoms with Crippen LogP contribution in [0.5, 0.6) is 5.75 Å². The standard InChI is InChI=1S/C16H17Cl2N3O4S/c17-12-11(25-6-3-20-1-4-24-5-2-20)7-10-14(13(12)18)26-16-19-9(15(22)23)8-21(10)16/h7,9H,1-6,8H2,(H,22,23). The summed E-state index contributed by atoms with van der Waals surface area (Å²) in [4.78, 5) is 20.3. The van der Waals surface area contributed by atoms with Crippen LogP contribution in [0.1, 0.15) is 0 Å². The summed E-state index contributed by atoms with van der Waals surface area (Å²) >= 11 is 14.1. The number of thioether (sulfide) groups is 1. The Morgan fingerprint density at radius 3 is 2.88 bits per heavy atom. The SMILES string of the molecule is O=C(O)C1CN2C(=N1)Sc1c2cc(OCCN2CCOCC2)c(Cl)c1Cl. The van der Waals surface area contributed by atoms with Crippen molar-refractivity contribution >= 4 is 51.8 Å². The lowest BCUT2D eigenvalue weighted by Gasteiger charge is -2.26. The Morgan fingerprint density at radius 1 is 1.38 bits per heavy atom. The number of aliphatic imine (C=N–C) groups is 1. The van der Waals surface area contributed by atoms with Crippen LogP contribution in [0.25, 0.3) is 0 Å². The maximum Gasteiger partial charge on any atom is 0.330 e. The minimum atomic E-state index is -0.934. The number of morpholine rings is 1. The van der Waals surface area contributed by atoms with E-state index >= 15 is 0 Å². The number of carbonyl (C=O) groups is 1. The molecular weight excluding hydrogens is 401 g/mol. The van der Waals surface area contributed by atoms with E-state index in [1.165, 1.54) is 11.8 Å². The Hall–Kier alpha value is -1.19. The predicted octanol–water partition coefficient (Wildman–Crippen LogP) is 2.44. The zero-order chi connectivity index (χ0) is 18.3. The molecule has 3 aliphatic heterocycles. The molecule has 7 nitrogen and oxygen atoms in total. The third-order valence-corrected chi connectivity index (χ3v) is 6.59. The van der Waals surface area contributed by atoms with Crippen molar-refractivity contribution in [3.63, 3.8) is 0 Å². The summed E-state index contributed by atoms with van der Waals surface area (Å²) < 4.78 is 11.2. The van der Waals surface area contributed by atoms with Gasteiger partial charge in [-0.2, -0.15) is 0 Å². The van der Waals surface area contributed by atoms with Crippen LogP contribution >= 0.6 is 35.0 Å². The molecule has 1 unspecified atom stereocenters. The number of carboxylic acid groups (broad SMARTS) is 1. The van der Waals surface area contributed by atoms with E-state index in [0.29, 0.717) is 27.6 Å². The molecule has 0 aliphatic carbocycles. The zero-order valence-electron chi connectivity index (χ0n) is 13.8. The number of anilines is 1. The largest absolute Gasteiger partial charge is 0.491 e. The van der Waals surface area contributed by atoms with Gasteiger partial charge in [0.25, 0.3) is 0 Å². The van der Waals surface area contributed by atoms with E-state index < -0.39 is 12.0 Å². The van der Waals surface area contributed by atoms with E-state index in [4.69, 9.17) is 32.7 Å². The van der Waals surface area contributed by atoms with Gasteiger partial charge in [-0.25, -0.2) is 9.79 Å². The second kappa shape index (κ2) is 7.44. The summed E-state index contributed by atoms with van der Waals surface area (Å²) in [6, 6.07) is 1.06. The summed E-state index contributed by atoms with van der Waals surface area (Å²) in [6.07, 6.45) is 0. The highest BCUT2D eigenvalue weighted by Crippen LogP contribution is 2.52. The molecule has 140 valence electrons. The van der Waals surface area contributed by atoms with Crippen LogP contribution in [-0.2, 0) is 9.53 Å². The highest BCUT2D eigenvalue weighted by Gasteiger charge is 2.39. The van der Waals surface area contributed by atoms with Gasteiger partial charge in [-0.15, -0.1) is 0 Å². The molecule has 1 aromatic rings. The molecule has 1 fully saturated rings. The Bertz CT molecular complexity index is 770. The second-order valence-electron chi connectivity index (χ2n) is 6.13. The summed E-state index contributed by atoms with van der Waals surface area (Å²) in [5, 5.41) is 10.6. The molecule has 4 rings (SSSR count). The molecule has 26 heavy (non-hydrogen) atoms. The molecule has 10 heteroatoms. The number of hydrogen-bond donors (Lipinski definition) is 1. The van der Waals surface area contributed by atoms with Crippen LogP contribution in [0, 0.1) is 0 Å². The second-order valence-corrected chi connectivity index (χ2v) is 7.87. The molecule has 0 spiro atoms. The number of aliphatic carboxylic acids is 1. The number of halogens is 2. The normalized spacial score (nSPS) is 22.2. The van der Waals surface area contributed by atoms with E-state index in [0.717, 1.165) is 43.4 Å². The Kier molecular flexibility index (Phi) is 5.20. The highest BCUT2D eigenvalue weighted by molar-refractivity contribution is 8.15. The number of rotatable bonds is 5. The van der Waals surface area contributed by atoms with Crippen molar-refractivity contribution in [1.29, 1.82) is 0 Å². The first-order chi connectivity index (χ1) is 12.5. The summed E-state index contributed by atoms with van der Waals surface area (Å²) in [7, 11) is 0. The third-order valence-electron chi connectivity index (χ3n) is 4.50. The maximum atomic E-state index is 11.2. The molecule has 3 aliphatic rings. The molecule has 1 saturated heterocycles. The van der Waals surface area contributed by atoms with Crippen LogP contribution in [0.2, 0.25) is 10.0 Å². The van der Waals surface area contributed by atoms with Gasteiger partial charge >= 0.3 is 5.97 Å². The molecular formula is C16H17Cl2N3O4S. The molecule has 1 N–H and O–H groups in total. The van der Waals surface area contributed by atoms with Crippen molar-refractivity contribution in [3.8, 4) is 5.75 Å². The number of nitrogens with zero attached hydrogens (tertiary/aromatic N) is 3. The molecule has 0 radical (unpaired) electrons. The number of amidine groups is 1. The van der Waals surface area contributed by atoms with Crippen molar-refractivity contribution in [2.75, 3.05) is 50.9 Å². The van der Waals surface area contributed by atoms with Gasteiger partial charge in [0.05, 0.1) is 35.4 Å². The van der Waals surface area contributed by atoms with Crippen LogP contribution < -0.4 is 9.64 Å². The zero-order valence-corrected chi connectivity index (χ0v) is 16.1. The number of ether oxygens (including phenoxy) is 2. The Morgan fingerprint density at radius 2 is 2.15 bits per heavy atom. The number of carboxylic acids is 1. The first-order valence-electron chi connectivity index (χ1n) is 8.25. The fourth-order valence-electron chi connectivity index (χ4n) is 3.09. The van der Waals surface area contributed by atoms with Crippen molar-refractivity contribution < 1.29 is 19.4 Å². The third kappa shape index (κ3) is 3.36. The van der Waals surface area contributed by atoms with Crippen molar-refractivity contribution in [1.82, 2.24) is 4.90 Å². The fraction of sp³-hybridized carbons (Fsp3) is 0.500. The first-order valence-corrected chi connectivity index (χ1v) is 9.82. The molecule has 0 amide bonds. The maximum absolute atomic E-state index is 11.2. The molecule has 0 saturated carbocycles. The van der Waals surface area contributed by atoms with Gasteiger partial charge in [0, 0.05) is 25.7 Å². The molecule has 0 aromatic heterocycles. The van der Waals surface area contributed by atoms with E-state index in [2.05, 4.69) is 9.89 Å². The van der Waals surface area contributed by atoms with Crippen molar-refractivity contribution in [2.24, 2.45) is 4.99 Å². The van der Waals surface area contributed by atoms with Gasteiger partial charge in [0.15, 0.2) is 11.2 Å². The van der Waals surface area contributed by atoms with Gasteiger partial charge in [-0.1, -0.05) is 23.2 Å². The first kappa shape index (κ1) is 18.2. The summed E-state index contributed by atoms with van der Waals surface area (Å²) in [6.45, 7) is 4.82. The monoisotopic (exact) mass is 417 g/mol. The molecule has 1 atom stereocenters. The lowest BCUT2D eigenvalue weighted by Crippen LogP contribution is -2.38. The number of fused-ring (bicyclic) bond motifs is 3. The summed E-state index contributed by atoms with van der Waals surface area (Å²) in [5.74, 6) is -0.430. The predicted molar refractivity (Wildman–Crippen MR) is 101 cm³/mol. The van der Waals surface area contributed by atoms with E-state index in [1.54, 1.807) is 0 Å².